The van der Waals surface area contributed by atoms with Gasteiger partial charge >= 0.3 is 5.97 Å². The SMILES string of the molecule is CCn1c(SCC(=O)Nc2ccc(Cl)c(C(=O)O)c2)nc2sc3c(c2c1=O)CCCC3. The van der Waals surface area contributed by atoms with Gasteiger partial charge in [-0.3, -0.25) is 14.2 Å². The number of anilines is 1. The number of carbonyl (C=O) groups excluding carboxylic acids is 1. The molecule has 0 radical (unpaired) electrons. The van der Waals surface area contributed by atoms with Crippen LogP contribution in [0, 0.1) is 0 Å². The van der Waals surface area contributed by atoms with Gasteiger partial charge in [0.15, 0.2) is 5.16 Å². The first-order valence-electron chi connectivity index (χ1n) is 9.89. The number of aromatic nitrogens is 2. The molecular formula is C21H20ClN3O4S2. The molecule has 31 heavy (non-hydrogen) atoms. The molecule has 2 heterocycles. The van der Waals surface area contributed by atoms with Crippen LogP contribution in [0.2, 0.25) is 5.02 Å². The average Bonchev–Trinajstić information content (AvgIpc) is 3.12. The van der Waals surface area contributed by atoms with Crippen LogP contribution in [0.4, 0.5) is 5.69 Å². The molecule has 0 atom stereocenters. The number of hydrogen-bond donors (Lipinski definition) is 2. The molecule has 0 saturated carbocycles. The molecule has 10 heteroatoms. The van der Waals surface area contributed by atoms with Crippen LogP contribution in [0.1, 0.15) is 40.6 Å². The third kappa shape index (κ3) is 4.35. The summed E-state index contributed by atoms with van der Waals surface area (Å²) in [5, 5.41) is 13.2. The quantitative estimate of drug-likeness (QED) is 0.402. The Hall–Kier alpha value is -2.36. The second kappa shape index (κ2) is 9.02. The molecule has 4 rings (SSSR count). The van der Waals surface area contributed by atoms with Crippen molar-refractivity contribution < 1.29 is 14.7 Å². The lowest BCUT2D eigenvalue weighted by atomic mass is 9.97. The van der Waals surface area contributed by atoms with Gasteiger partial charge in [0.2, 0.25) is 5.91 Å². The molecule has 162 valence electrons. The minimum absolute atomic E-state index is 0.0358. The van der Waals surface area contributed by atoms with E-state index in [1.54, 1.807) is 22.0 Å². The molecule has 1 aliphatic carbocycles. The first kappa shape index (κ1) is 21.9. The van der Waals surface area contributed by atoms with E-state index >= 15 is 0 Å². The van der Waals surface area contributed by atoms with Crippen LogP contribution in [0.25, 0.3) is 10.2 Å². The van der Waals surface area contributed by atoms with Gasteiger partial charge in [-0.05, 0) is 56.4 Å². The number of hydrogen-bond acceptors (Lipinski definition) is 6. The number of nitrogens with zero attached hydrogens (tertiary/aromatic N) is 2. The highest BCUT2D eigenvalue weighted by atomic mass is 35.5. The molecule has 0 bridgehead atoms. The molecule has 1 aliphatic rings. The minimum atomic E-state index is -1.17. The number of amides is 1. The topological polar surface area (TPSA) is 101 Å². The number of fused-ring (bicyclic) bond motifs is 3. The number of aromatic carboxylic acids is 1. The van der Waals surface area contributed by atoms with Crippen molar-refractivity contribution in [3.63, 3.8) is 0 Å². The van der Waals surface area contributed by atoms with Gasteiger partial charge in [-0.15, -0.1) is 11.3 Å². The number of aryl methyl sites for hydroxylation is 2. The summed E-state index contributed by atoms with van der Waals surface area (Å²) in [6.45, 7) is 2.36. The van der Waals surface area contributed by atoms with Crippen LogP contribution in [-0.2, 0) is 24.2 Å². The molecule has 0 spiro atoms. The summed E-state index contributed by atoms with van der Waals surface area (Å²) in [4.78, 5) is 43.5. The predicted octanol–water partition coefficient (Wildman–Crippen LogP) is 4.44. The smallest absolute Gasteiger partial charge is 0.337 e. The van der Waals surface area contributed by atoms with Crippen LogP contribution in [-0.4, -0.2) is 32.3 Å². The van der Waals surface area contributed by atoms with Crippen molar-refractivity contribution in [3.8, 4) is 0 Å². The lowest BCUT2D eigenvalue weighted by molar-refractivity contribution is -0.113. The van der Waals surface area contributed by atoms with E-state index < -0.39 is 5.97 Å². The zero-order chi connectivity index (χ0) is 22.1. The maximum atomic E-state index is 13.1. The minimum Gasteiger partial charge on any atom is -0.478 e. The summed E-state index contributed by atoms with van der Waals surface area (Å²) in [7, 11) is 0. The zero-order valence-electron chi connectivity index (χ0n) is 16.7. The number of benzene rings is 1. The van der Waals surface area contributed by atoms with E-state index in [1.807, 2.05) is 6.92 Å². The fourth-order valence-corrected chi connectivity index (χ4v) is 6.07. The number of thioether (sulfide) groups is 1. The summed E-state index contributed by atoms with van der Waals surface area (Å²) in [5.74, 6) is -1.46. The number of thiophene rings is 1. The lowest BCUT2D eigenvalue weighted by Gasteiger charge is -2.12. The summed E-state index contributed by atoms with van der Waals surface area (Å²) < 4.78 is 1.62. The molecule has 0 aliphatic heterocycles. The number of rotatable bonds is 6. The molecule has 3 aromatic rings. The highest BCUT2D eigenvalue weighted by molar-refractivity contribution is 7.99. The molecular weight excluding hydrogens is 458 g/mol. The van der Waals surface area contributed by atoms with Crippen LogP contribution >= 0.6 is 34.7 Å². The van der Waals surface area contributed by atoms with Crippen molar-refractivity contribution >= 4 is 62.5 Å². The number of halogens is 1. The first-order chi connectivity index (χ1) is 14.9. The zero-order valence-corrected chi connectivity index (χ0v) is 19.1. The molecule has 2 aromatic heterocycles. The molecule has 2 N–H and O–H groups in total. The average molecular weight is 478 g/mol. The Bertz CT molecular complexity index is 1250. The van der Waals surface area contributed by atoms with Crippen LogP contribution in [0.3, 0.4) is 0 Å². The summed E-state index contributed by atoms with van der Waals surface area (Å²) in [5.41, 5.74) is 1.37. The molecule has 7 nitrogen and oxygen atoms in total. The van der Waals surface area contributed by atoms with Crippen LogP contribution < -0.4 is 10.9 Å². The Morgan fingerprint density at radius 3 is 2.84 bits per heavy atom. The largest absolute Gasteiger partial charge is 0.478 e. The standard InChI is InChI=1S/C21H20ClN3O4S2/c1-2-25-19(27)17-12-5-3-4-6-15(12)31-18(17)24-21(25)30-10-16(26)23-11-7-8-14(22)13(9-11)20(28)29/h7-9H,2-6,10H2,1H3,(H,23,26)(H,28,29). The van der Waals surface area contributed by atoms with Gasteiger partial charge in [-0.1, -0.05) is 23.4 Å². The number of nitrogens with one attached hydrogen (secondary N) is 1. The van der Waals surface area contributed by atoms with Crippen molar-refractivity contribution in [2.75, 3.05) is 11.1 Å². The van der Waals surface area contributed by atoms with E-state index in [4.69, 9.17) is 21.7 Å². The maximum Gasteiger partial charge on any atom is 0.337 e. The Morgan fingerprint density at radius 2 is 2.10 bits per heavy atom. The Balaban J connectivity index is 1.55. The third-order valence-corrected chi connectivity index (χ3v) is 7.66. The van der Waals surface area contributed by atoms with E-state index in [1.165, 1.54) is 28.8 Å². The van der Waals surface area contributed by atoms with Crippen molar-refractivity contribution in [2.45, 2.75) is 44.3 Å². The predicted molar refractivity (Wildman–Crippen MR) is 124 cm³/mol. The number of carbonyl (C=O) groups is 2. The summed E-state index contributed by atoms with van der Waals surface area (Å²) >= 11 is 8.64. The lowest BCUT2D eigenvalue weighted by Crippen LogP contribution is -2.24. The Labute approximate surface area is 191 Å². The molecule has 0 saturated heterocycles. The highest BCUT2D eigenvalue weighted by Crippen LogP contribution is 2.34. The third-order valence-electron chi connectivity index (χ3n) is 5.17. The van der Waals surface area contributed by atoms with E-state index in [0.29, 0.717) is 17.4 Å². The van der Waals surface area contributed by atoms with Crippen molar-refractivity contribution in [1.82, 2.24) is 9.55 Å². The van der Waals surface area contributed by atoms with Crippen molar-refractivity contribution in [3.05, 3.63) is 49.6 Å². The van der Waals surface area contributed by atoms with E-state index in [2.05, 4.69) is 5.32 Å². The molecule has 0 unspecified atom stereocenters. The Kier molecular flexibility index (Phi) is 6.36. The van der Waals surface area contributed by atoms with Gasteiger partial charge in [0.25, 0.3) is 5.56 Å². The second-order valence-electron chi connectivity index (χ2n) is 7.17. The Morgan fingerprint density at radius 1 is 1.32 bits per heavy atom. The number of carboxylic acid groups (broad SMARTS) is 1. The normalized spacial score (nSPS) is 13.2. The summed E-state index contributed by atoms with van der Waals surface area (Å²) in [6.07, 6.45) is 4.14. The van der Waals surface area contributed by atoms with Gasteiger partial charge in [-0.2, -0.15) is 0 Å². The summed E-state index contributed by atoms with van der Waals surface area (Å²) in [6, 6.07) is 4.28. The highest BCUT2D eigenvalue weighted by Gasteiger charge is 2.22. The van der Waals surface area contributed by atoms with Crippen molar-refractivity contribution in [1.29, 1.82) is 0 Å². The second-order valence-corrected chi connectivity index (χ2v) is 9.60. The fraction of sp³-hybridized carbons (Fsp3) is 0.333. The van der Waals surface area contributed by atoms with E-state index in [9.17, 15) is 14.4 Å². The van der Waals surface area contributed by atoms with Crippen molar-refractivity contribution in [2.24, 2.45) is 0 Å². The molecule has 1 aromatic carbocycles. The van der Waals surface area contributed by atoms with Gasteiger partial charge in [0.05, 0.1) is 21.7 Å². The first-order valence-corrected chi connectivity index (χ1v) is 12.1. The van der Waals surface area contributed by atoms with E-state index in [-0.39, 0.29) is 27.8 Å². The monoisotopic (exact) mass is 477 g/mol. The molecule has 0 fully saturated rings. The molecule has 1 amide bonds. The maximum absolute atomic E-state index is 13.1. The van der Waals surface area contributed by atoms with E-state index in [0.717, 1.165) is 41.5 Å². The van der Waals surface area contributed by atoms with Gasteiger partial charge < -0.3 is 10.4 Å². The fourth-order valence-electron chi connectivity index (χ4n) is 3.70. The number of carboxylic acids is 1. The van der Waals surface area contributed by atoms with Crippen LogP contribution in [0.15, 0.2) is 28.2 Å². The van der Waals surface area contributed by atoms with Gasteiger partial charge in [0, 0.05) is 17.1 Å². The van der Waals surface area contributed by atoms with Crippen LogP contribution in [0.5, 0.6) is 0 Å². The van der Waals surface area contributed by atoms with Gasteiger partial charge in [0.1, 0.15) is 4.83 Å². The van der Waals surface area contributed by atoms with Gasteiger partial charge in [-0.25, -0.2) is 9.78 Å².